The molecule has 14 heteroatoms. The van der Waals surface area contributed by atoms with Gasteiger partial charge < -0.3 is 65.1 Å². The second-order valence-corrected chi connectivity index (χ2v) is 31.7. The number of rotatable bonds is 77. The Hall–Kier alpha value is -2.05. The minimum absolute atomic E-state index is 0.240. The van der Waals surface area contributed by atoms with Crippen LogP contribution in [0.2, 0.25) is 0 Å². The summed E-state index contributed by atoms with van der Waals surface area (Å²) in [5, 5.41) is 87.8. The van der Waals surface area contributed by atoms with Crippen molar-refractivity contribution in [1.82, 2.24) is 5.32 Å². The molecule has 12 atom stereocenters. The van der Waals surface area contributed by atoms with Crippen molar-refractivity contribution in [3.63, 3.8) is 0 Å². The summed E-state index contributed by atoms with van der Waals surface area (Å²) < 4.78 is 22.9. The second kappa shape index (κ2) is 73.7. The van der Waals surface area contributed by atoms with Gasteiger partial charge >= 0.3 is 0 Å². The van der Waals surface area contributed by atoms with E-state index in [-0.39, 0.29) is 18.9 Å². The number of hydrogen-bond acceptors (Lipinski definition) is 13. The van der Waals surface area contributed by atoms with Gasteiger partial charge in [-0.15, -0.1) is 0 Å². The van der Waals surface area contributed by atoms with Crippen molar-refractivity contribution in [2.24, 2.45) is 0 Å². The number of hydrogen-bond donors (Lipinski definition) is 9. The smallest absolute Gasteiger partial charge is 0.220 e. The minimum atomic E-state index is -1.79. The van der Waals surface area contributed by atoms with E-state index in [9.17, 15) is 45.6 Å². The number of allylic oxidation sites excluding steroid dienone is 7. The fourth-order valence-corrected chi connectivity index (χ4v) is 14.9. The monoisotopic (exact) mass is 1470 g/mol. The third-order valence-corrected chi connectivity index (χ3v) is 22.0. The van der Waals surface area contributed by atoms with Gasteiger partial charge in [0.05, 0.1) is 32.0 Å². The number of carbonyl (C=O) groups excluding carboxylic acids is 1. The number of aliphatic hydroxyl groups is 8. The van der Waals surface area contributed by atoms with Gasteiger partial charge in [0.1, 0.15) is 48.8 Å². The maximum absolute atomic E-state index is 13.4. The van der Waals surface area contributed by atoms with Gasteiger partial charge in [0.25, 0.3) is 0 Å². The first-order valence-corrected chi connectivity index (χ1v) is 44.9. The Morgan fingerprint density at radius 1 is 0.346 bits per heavy atom. The summed E-state index contributed by atoms with van der Waals surface area (Å²) in [4.78, 5) is 13.4. The molecule has 104 heavy (non-hydrogen) atoms. The Kier molecular flexibility index (Phi) is 69.5. The Morgan fingerprint density at radius 3 is 1.00 bits per heavy atom. The molecular weight excluding hydrogens is 1300 g/mol. The Bertz CT molecular complexity index is 1930. The van der Waals surface area contributed by atoms with Crippen LogP contribution in [0.5, 0.6) is 0 Å². The maximum Gasteiger partial charge on any atom is 0.220 e. The van der Waals surface area contributed by atoms with Gasteiger partial charge in [-0.2, -0.15) is 0 Å². The summed E-state index contributed by atoms with van der Waals surface area (Å²) in [7, 11) is 0. The zero-order valence-electron chi connectivity index (χ0n) is 67.5. The van der Waals surface area contributed by atoms with Crippen LogP contribution in [-0.2, 0) is 23.7 Å². The lowest BCUT2D eigenvalue weighted by Gasteiger charge is -2.46. The third-order valence-electron chi connectivity index (χ3n) is 22.0. The number of amides is 1. The first kappa shape index (κ1) is 98.0. The lowest BCUT2D eigenvalue weighted by Crippen LogP contribution is -2.65. The van der Waals surface area contributed by atoms with E-state index < -0.39 is 86.8 Å². The average Bonchev–Trinajstić information content (AvgIpc) is 0.790. The van der Waals surface area contributed by atoms with Gasteiger partial charge in [0, 0.05) is 6.42 Å². The highest BCUT2D eigenvalue weighted by Crippen LogP contribution is 2.31. The summed E-state index contributed by atoms with van der Waals surface area (Å²) in [5.41, 5.74) is 0. The molecule has 1 amide bonds. The quantitative estimate of drug-likeness (QED) is 0.0204. The van der Waals surface area contributed by atoms with Crippen LogP contribution in [0.15, 0.2) is 48.6 Å². The maximum atomic E-state index is 13.4. The van der Waals surface area contributed by atoms with Gasteiger partial charge in [0.15, 0.2) is 12.6 Å². The highest BCUT2D eigenvalue weighted by Gasteiger charge is 2.51. The molecule has 0 aromatic heterocycles. The molecular formula is C90H169NO13. The summed E-state index contributed by atoms with van der Waals surface area (Å²) >= 11 is 0. The number of nitrogens with one attached hydrogen (secondary N) is 1. The van der Waals surface area contributed by atoms with Crippen LogP contribution in [-0.4, -0.2) is 140 Å². The van der Waals surface area contributed by atoms with Crippen molar-refractivity contribution in [3.05, 3.63) is 48.6 Å². The van der Waals surface area contributed by atoms with Crippen LogP contribution in [0.25, 0.3) is 0 Å². The molecule has 2 heterocycles. The Morgan fingerprint density at radius 2 is 0.644 bits per heavy atom. The molecule has 2 aliphatic heterocycles. The van der Waals surface area contributed by atoms with Crippen molar-refractivity contribution in [2.75, 3.05) is 19.8 Å². The minimum Gasteiger partial charge on any atom is -0.394 e. The highest BCUT2D eigenvalue weighted by molar-refractivity contribution is 5.76. The molecule has 0 radical (unpaired) electrons. The molecule has 0 aliphatic carbocycles. The molecule has 0 aromatic rings. The van der Waals surface area contributed by atoms with Crippen LogP contribution in [0, 0.1) is 0 Å². The Labute approximate surface area is 639 Å². The topological polar surface area (TPSA) is 228 Å². The molecule has 2 fully saturated rings. The van der Waals surface area contributed by atoms with E-state index in [1.165, 1.54) is 353 Å². The zero-order valence-corrected chi connectivity index (χ0v) is 67.5. The summed E-state index contributed by atoms with van der Waals surface area (Å²) in [6.45, 7) is 2.84. The number of aliphatic hydroxyl groups excluding tert-OH is 8. The molecule has 0 bridgehead atoms. The van der Waals surface area contributed by atoms with E-state index in [0.29, 0.717) is 12.8 Å². The van der Waals surface area contributed by atoms with Crippen LogP contribution >= 0.6 is 0 Å². The molecule has 12 unspecified atom stereocenters. The van der Waals surface area contributed by atoms with E-state index in [0.717, 1.165) is 38.5 Å². The van der Waals surface area contributed by atoms with Crippen molar-refractivity contribution >= 4 is 5.91 Å². The van der Waals surface area contributed by atoms with Crippen molar-refractivity contribution in [2.45, 2.75) is 498 Å². The highest BCUT2D eigenvalue weighted by atomic mass is 16.7. The zero-order chi connectivity index (χ0) is 75.1. The fourth-order valence-electron chi connectivity index (χ4n) is 14.9. The van der Waals surface area contributed by atoms with E-state index in [1.54, 1.807) is 6.08 Å². The summed E-state index contributed by atoms with van der Waals surface area (Å²) in [6, 6.07) is -0.933. The van der Waals surface area contributed by atoms with Crippen molar-refractivity contribution in [1.29, 1.82) is 0 Å². The van der Waals surface area contributed by atoms with E-state index >= 15 is 0 Å². The van der Waals surface area contributed by atoms with Crippen molar-refractivity contribution < 1.29 is 64.6 Å². The first-order chi connectivity index (χ1) is 51.1. The van der Waals surface area contributed by atoms with E-state index in [2.05, 4.69) is 55.6 Å². The SMILES string of the molecule is CCCCCCC/C=C\C/C=C\CCCCCCCCCCCCCCCCCCCCCCCCCCCC(=O)NC(COC1OC(CO)C(OC2OC(CO)C(O)C(O)C2O)C(O)C1O)C(O)/C=C/CC/C=C/CCCCCCCCCCCCCCCCCCCCCCCCCCCCC. The van der Waals surface area contributed by atoms with Gasteiger partial charge in [0.2, 0.25) is 5.91 Å². The molecule has 2 aliphatic rings. The summed E-state index contributed by atoms with van der Waals surface area (Å²) in [5.74, 6) is -0.240. The van der Waals surface area contributed by atoms with E-state index in [1.807, 2.05) is 6.08 Å². The standard InChI is InChI=1S/C90H169NO13/c1-3-5-7-9-11-13-15-17-19-21-23-25-27-29-31-33-35-37-38-39-40-42-44-46-48-50-52-54-56-58-60-62-64-66-68-70-72-74-82(95)91-78(77-101-89-87(100)85(98)88(81(76-93)103-89)104-90-86(99)84(97)83(96)80(75-92)102-90)79(94)73-71-69-67-65-63-61-59-57-55-53-51-49-47-45-43-41-36-34-32-30-28-26-24-22-20-18-16-14-12-10-8-6-4-2/h15,17,21,23,63,65,71,73,78-81,83-90,92-94,96-100H,3-14,16,18-20,22,24-62,64,66-70,72,74-77H2,1-2H3,(H,91,95)/b17-15-,23-21-,65-63+,73-71+. The lowest BCUT2D eigenvalue weighted by molar-refractivity contribution is -0.359. The molecule has 2 rings (SSSR count). The number of unbranched alkanes of at least 4 members (excludes halogenated alkanes) is 58. The lowest BCUT2D eigenvalue weighted by atomic mass is 9.97. The molecule has 0 saturated carbocycles. The average molecular weight is 1470 g/mol. The van der Waals surface area contributed by atoms with Gasteiger partial charge in [-0.1, -0.05) is 403 Å². The van der Waals surface area contributed by atoms with Gasteiger partial charge in [-0.05, 0) is 64.2 Å². The summed E-state index contributed by atoms with van der Waals surface area (Å²) in [6.07, 6.45) is 83.8. The molecule has 14 nitrogen and oxygen atoms in total. The number of carbonyl (C=O) groups is 1. The largest absolute Gasteiger partial charge is 0.394 e. The third kappa shape index (κ3) is 55.4. The number of ether oxygens (including phenoxy) is 4. The molecule has 2 saturated heterocycles. The Balaban J connectivity index is 1.57. The van der Waals surface area contributed by atoms with Crippen LogP contribution < -0.4 is 5.32 Å². The van der Waals surface area contributed by atoms with Crippen molar-refractivity contribution in [3.8, 4) is 0 Å². The molecule has 612 valence electrons. The molecule has 0 aromatic carbocycles. The van der Waals surface area contributed by atoms with Gasteiger partial charge in [-0.3, -0.25) is 4.79 Å². The fraction of sp³-hybridized carbons (Fsp3) is 0.900. The van der Waals surface area contributed by atoms with Gasteiger partial charge in [-0.25, -0.2) is 0 Å². The van der Waals surface area contributed by atoms with Crippen LogP contribution in [0.4, 0.5) is 0 Å². The second-order valence-electron chi connectivity index (χ2n) is 31.7. The molecule has 9 N–H and O–H groups in total. The predicted molar refractivity (Wildman–Crippen MR) is 434 cm³/mol. The van der Waals surface area contributed by atoms with E-state index in [4.69, 9.17) is 18.9 Å². The first-order valence-electron chi connectivity index (χ1n) is 44.9. The van der Waals surface area contributed by atoms with Crippen LogP contribution in [0.1, 0.15) is 425 Å². The molecule has 0 spiro atoms. The van der Waals surface area contributed by atoms with Crippen LogP contribution in [0.3, 0.4) is 0 Å². The normalized spacial score (nSPS) is 21.6. The predicted octanol–water partition coefficient (Wildman–Crippen LogP) is 21.7.